The zero-order chi connectivity index (χ0) is 21.7. The molecule has 9 nitrogen and oxygen atoms in total. The summed E-state index contributed by atoms with van der Waals surface area (Å²) in [6, 6.07) is 15.3. The summed E-state index contributed by atoms with van der Waals surface area (Å²) in [4.78, 5) is 22.2. The third-order valence-electron chi connectivity index (χ3n) is 3.99. The average Bonchev–Trinajstić information content (AvgIpc) is 2.70. The van der Waals surface area contributed by atoms with Gasteiger partial charge >= 0.3 is 0 Å². The highest BCUT2D eigenvalue weighted by Crippen LogP contribution is 2.24. The fourth-order valence-corrected chi connectivity index (χ4v) is 3.58. The van der Waals surface area contributed by atoms with Crippen LogP contribution in [0.3, 0.4) is 0 Å². The Morgan fingerprint density at radius 1 is 1.07 bits per heavy atom. The molecule has 0 unspecified atom stereocenters. The van der Waals surface area contributed by atoms with Gasteiger partial charge in [0.2, 0.25) is 5.91 Å². The Morgan fingerprint density at radius 2 is 1.80 bits per heavy atom. The Kier molecular flexibility index (Phi) is 6.07. The summed E-state index contributed by atoms with van der Waals surface area (Å²) >= 11 is 0. The second-order valence-electron chi connectivity index (χ2n) is 6.39. The minimum Gasteiger partial charge on any atom is -0.456 e. The lowest BCUT2D eigenvalue weighted by molar-refractivity contribution is -0.118. The molecule has 0 bridgehead atoms. The molecule has 0 aliphatic carbocycles. The highest BCUT2D eigenvalue weighted by atomic mass is 32.2. The molecule has 10 heteroatoms. The SMILES string of the molecule is Cc1ccc(S(=O)(=O)N=c2ccc(Oc3cccc(N=O)c3)cn2CC(N)=O)cc1. The van der Waals surface area contributed by atoms with Crippen molar-refractivity contribution in [3.8, 4) is 11.5 Å². The number of rotatable bonds is 7. The number of benzene rings is 2. The number of carbonyl (C=O) groups is 1. The van der Waals surface area contributed by atoms with Crippen LogP contribution in [-0.2, 0) is 21.4 Å². The molecule has 30 heavy (non-hydrogen) atoms. The van der Waals surface area contributed by atoms with Gasteiger partial charge in [0, 0.05) is 12.3 Å². The van der Waals surface area contributed by atoms with Crippen molar-refractivity contribution in [1.82, 2.24) is 4.57 Å². The van der Waals surface area contributed by atoms with Gasteiger partial charge in [-0.15, -0.1) is 9.30 Å². The van der Waals surface area contributed by atoms with Crippen LogP contribution in [0.2, 0.25) is 0 Å². The Labute approximate surface area is 172 Å². The number of hydrogen-bond acceptors (Lipinski definition) is 6. The fourth-order valence-electron chi connectivity index (χ4n) is 2.58. The number of carbonyl (C=O) groups excluding carboxylic acids is 1. The van der Waals surface area contributed by atoms with Crippen molar-refractivity contribution in [3.05, 3.63) is 82.8 Å². The Balaban J connectivity index is 2.02. The van der Waals surface area contributed by atoms with Crippen LogP contribution in [0.4, 0.5) is 5.69 Å². The number of nitroso groups, excluding NO2 is 1. The molecule has 154 valence electrons. The smallest absolute Gasteiger partial charge is 0.284 e. The number of sulfonamides is 1. The van der Waals surface area contributed by atoms with Gasteiger partial charge in [0.15, 0.2) is 0 Å². The van der Waals surface area contributed by atoms with Crippen LogP contribution in [0.5, 0.6) is 11.5 Å². The average molecular weight is 426 g/mol. The molecular weight excluding hydrogens is 408 g/mol. The molecular formula is C20H18N4O5S. The molecule has 0 aliphatic heterocycles. The molecule has 1 aromatic heterocycles. The van der Waals surface area contributed by atoms with Gasteiger partial charge in [0.1, 0.15) is 29.2 Å². The summed E-state index contributed by atoms with van der Waals surface area (Å²) < 4.78 is 36.0. The molecule has 0 atom stereocenters. The normalized spacial score (nSPS) is 11.8. The Hall–Kier alpha value is -3.79. The van der Waals surface area contributed by atoms with Gasteiger partial charge in [-0.1, -0.05) is 23.8 Å². The second kappa shape index (κ2) is 8.70. The van der Waals surface area contributed by atoms with Crippen molar-refractivity contribution < 1.29 is 17.9 Å². The van der Waals surface area contributed by atoms with E-state index in [1.165, 1.54) is 47.2 Å². The number of pyridine rings is 1. The third-order valence-corrected chi connectivity index (χ3v) is 5.29. The second-order valence-corrected chi connectivity index (χ2v) is 7.99. The lowest BCUT2D eigenvalue weighted by Gasteiger charge is -2.10. The van der Waals surface area contributed by atoms with Crippen LogP contribution in [-0.4, -0.2) is 18.9 Å². The molecule has 2 N–H and O–H groups in total. The molecule has 0 saturated heterocycles. The molecule has 3 aromatic rings. The first-order valence-electron chi connectivity index (χ1n) is 8.74. The standard InChI is InChI=1S/C20H18N4O5S/c1-14-5-8-18(9-6-14)30(27,28)23-20-10-7-17(12-24(20)13-19(21)25)29-16-4-2-3-15(11-16)22-26/h2-12H,13H2,1H3,(H2,21,25). The number of aryl methyl sites for hydroxylation is 1. The first kappa shape index (κ1) is 20.9. The van der Waals surface area contributed by atoms with E-state index in [4.69, 9.17) is 10.5 Å². The molecule has 0 saturated carbocycles. The predicted molar refractivity (Wildman–Crippen MR) is 110 cm³/mol. The highest BCUT2D eigenvalue weighted by Gasteiger charge is 2.13. The number of aromatic nitrogens is 1. The Morgan fingerprint density at radius 3 is 2.47 bits per heavy atom. The number of ether oxygens (including phenoxy) is 1. The van der Waals surface area contributed by atoms with E-state index in [1.807, 2.05) is 6.92 Å². The minimum absolute atomic E-state index is 0.00466. The van der Waals surface area contributed by atoms with Gasteiger partial charge in [-0.2, -0.15) is 8.42 Å². The van der Waals surface area contributed by atoms with Gasteiger partial charge < -0.3 is 15.0 Å². The number of primary amides is 1. The van der Waals surface area contributed by atoms with Crippen molar-refractivity contribution in [2.45, 2.75) is 18.4 Å². The molecule has 3 rings (SSSR count). The zero-order valence-corrected chi connectivity index (χ0v) is 16.7. The monoisotopic (exact) mass is 426 g/mol. The molecule has 1 amide bonds. The first-order valence-corrected chi connectivity index (χ1v) is 10.2. The third kappa shape index (κ3) is 5.17. The first-order chi connectivity index (χ1) is 14.3. The molecule has 0 aliphatic rings. The van der Waals surface area contributed by atoms with Crippen LogP contribution in [0, 0.1) is 11.8 Å². The quantitative estimate of drug-likeness (QED) is 0.580. The lowest BCUT2D eigenvalue weighted by atomic mass is 10.2. The van der Waals surface area contributed by atoms with E-state index < -0.39 is 15.9 Å². The molecule has 0 spiro atoms. The summed E-state index contributed by atoms with van der Waals surface area (Å²) in [5.41, 5.74) is 6.39. The van der Waals surface area contributed by atoms with Crippen LogP contribution >= 0.6 is 0 Å². The van der Waals surface area contributed by atoms with Crippen LogP contribution in [0.1, 0.15) is 5.56 Å². The van der Waals surface area contributed by atoms with E-state index in [9.17, 15) is 18.1 Å². The summed E-state index contributed by atoms with van der Waals surface area (Å²) in [7, 11) is -4.01. The van der Waals surface area contributed by atoms with Gasteiger partial charge in [-0.05, 0) is 48.5 Å². The van der Waals surface area contributed by atoms with E-state index in [1.54, 1.807) is 24.3 Å². The van der Waals surface area contributed by atoms with E-state index in [0.29, 0.717) is 5.75 Å². The maximum Gasteiger partial charge on any atom is 0.284 e. The zero-order valence-electron chi connectivity index (χ0n) is 15.9. The van der Waals surface area contributed by atoms with Crippen LogP contribution < -0.4 is 16.0 Å². The predicted octanol–water partition coefficient (Wildman–Crippen LogP) is 2.76. The Bertz CT molecular complexity index is 1260. The summed E-state index contributed by atoms with van der Waals surface area (Å²) in [5, 5.41) is 2.84. The van der Waals surface area contributed by atoms with Crippen LogP contribution in [0.15, 0.2) is 81.3 Å². The molecule has 2 aromatic carbocycles. The van der Waals surface area contributed by atoms with E-state index in [-0.39, 0.29) is 28.4 Å². The minimum atomic E-state index is -4.01. The molecule has 0 radical (unpaired) electrons. The van der Waals surface area contributed by atoms with E-state index in [0.717, 1.165) is 5.56 Å². The van der Waals surface area contributed by atoms with Gasteiger partial charge in [0.05, 0.1) is 4.90 Å². The molecule has 1 heterocycles. The maximum absolute atomic E-state index is 12.6. The number of hydrogen-bond donors (Lipinski definition) is 1. The van der Waals surface area contributed by atoms with E-state index >= 15 is 0 Å². The summed E-state index contributed by atoms with van der Waals surface area (Å²) in [6.45, 7) is 1.53. The van der Waals surface area contributed by atoms with Gasteiger partial charge in [0.25, 0.3) is 10.0 Å². The van der Waals surface area contributed by atoms with Crippen molar-refractivity contribution in [1.29, 1.82) is 0 Å². The van der Waals surface area contributed by atoms with Crippen molar-refractivity contribution in [2.75, 3.05) is 0 Å². The summed E-state index contributed by atoms with van der Waals surface area (Å²) in [5.74, 6) is -0.0610. The van der Waals surface area contributed by atoms with Crippen molar-refractivity contribution in [2.24, 2.45) is 15.3 Å². The highest BCUT2D eigenvalue weighted by molar-refractivity contribution is 7.90. The fraction of sp³-hybridized carbons (Fsp3) is 0.100. The van der Waals surface area contributed by atoms with Gasteiger partial charge in [-0.25, -0.2) is 0 Å². The molecule has 0 fully saturated rings. The summed E-state index contributed by atoms with van der Waals surface area (Å²) in [6.07, 6.45) is 1.40. The number of nitrogens with two attached hydrogens (primary N) is 1. The largest absolute Gasteiger partial charge is 0.456 e. The van der Waals surface area contributed by atoms with Gasteiger partial charge in [-0.3, -0.25) is 4.79 Å². The van der Waals surface area contributed by atoms with Crippen molar-refractivity contribution >= 4 is 21.6 Å². The number of amides is 1. The number of nitrogens with zero attached hydrogens (tertiary/aromatic N) is 3. The maximum atomic E-state index is 12.6. The van der Waals surface area contributed by atoms with E-state index in [2.05, 4.69) is 9.57 Å². The van der Waals surface area contributed by atoms with Crippen LogP contribution in [0.25, 0.3) is 0 Å². The van der Waals surface area contributed by atoms with Crippen molar-refractivity contribution in [3.63, 3.8) is 0 Å². The topological polar surface area (TPSA) is 133 Å². The lowest BCUT2D eigenvalue weighted by Crippen LogP contribution is -2.28.